The summed E-state index contributed by atoms with van der Waals surface area (Å²) in [5.41, 5.74) is 1.94. The summed E-state index contributed by atoms with van der Waals surface area (Å²) in [6, 6.07) is 7.82. The zero-order chi connectivity index (χ0) is 11.5. The fourth-order valence-electron chi connectivity index (χ4n) is 2.21. The molecular weight excluding hydrogens is 202 g/mol. The van der Waals surface area contributed by atoms with Gasteiger partial charge in [-0.25, -0.2) is 0 Å². The number of rotatable bonds is 3. The van der Waals surface area contributed by atoms with E-state index in [0.717, 1.165) is 24.0 Å². The molecule has 0 atom stereocenters. The number of ether oxygens (including phenoxy) is 1. The van der Waals surface area contributed by atoms with Crippen LogP contribution < -0.4 is 5.32 Å². The monoisotopic (exact) mass is 219 g/mol. The standard InChI is InChI=1S/C13H17NO2/c1-14-13(15)12-6-4-3-5-11(12)9-7-10(8-9)16-2/h3-6,9-10H,7-8H2,1-2H3,(H,14,15). The topological polar surface area (TPSA) is 38.3 Å². The predicted molar refractivity (Wildman–Crippen MR) is 62.6 cm³/mol. The van der Waals surface area contributed by atoms with Gasteiger partial charge in [-0.05, 0) is 30.4 Å². The van der Waals surface area contributed by atoms with Gasteiger partial charge in [0.25, 0.3) is 5.91 Å². The summed E-state index contributed by atoms with van der Waals surface area (Å²) in [5, 5.41) is 2.68. The molecule has 0 saturated heterocycles. The summed E-state index contributed by atoms with van der Waals surface area (Å²) in [6.07, 6.45) is 2.40. The molecule has 0 spiro atoms. The van der Waals surface area contributed by atoms with E-state index < -0.39 is 0 Å². The first-order valence-electron chi connectivity index (χ1n) is 5.60. The summed E-state index contributed by atoms with van der Waals surface area (Å²) in [7, 11) is 3.41. The Morgan fingerprint density at radius 3 is 2.69 bits per heavy atom. The second-order valence-electron chi connectivity index (χ2n) is 4.19. The second-order valence-corrected chi connectivity index (χ2v) is 4.19. The average molecular weight is 219 g/mol. The first-order chi connectivity index (χ1) is 7.76. The molecule has 3 heteroatoms. The van der Waals surface area contributed by atoms with E-state index in [9.17, 15) is 4.79 Å². The molecule has 0 heterocycles. The van der Waals surface area contributed by atoms with Gasteiger partial charge >= 0.3 is 0 Å². The van der Waals surface area contributed by atoms with E-state index in [2.05, 4.69) is 5.32 Å². The van der Waals surface area contributed by atoms with Gasteiger partial charge < -0.3 is 10.1 Å². The van der Waals surface area contributed by atoms with Crippen molar-refractivity contribution in [2.45, 2.75) is 24.9 Å². The van der Waals surface area contributed by atoms with Crippen molar-refractivity contribution < 1.29 is 9.53 Å². The Morgan fingerprint density at radius 2 is 2.06 bits per heavy atom. The fraction of sp³-hybridized carbons (Fsp3) is 0.462. The van der Waals surface area contributed by atoms with Crippen molar-refractivity contribution in [1.29, 1.82) is 0 Å². The van der Waals surface area contributed by atoms with E-state index in [1.54, 1.807) is 14.2 Å². The molecule has 0 bridgehead atoms. The Bertz CT molecular complexity index is 383. The van der Waals surface area contributed by atoms with Crippen LogP contribution in [0.3, 0.4) is 0 Å². The van der Waals surface area contributed by atoms with E-state index in [-0.39, 0.29) is 5.91 Å². The highest BCUT2D eigenvalue weighted by Crippen LogP contribution is 2.39. The van der Waals surface area contributed by atoms with Crippen LogP contribution >= 0.6 is 0 Å². The largest absolute Gasteiger partial charge is 0.381 e. The van der Waals surface area contributed by atoms with Crippen LogP contribution in [0.2, 0.25) is 0 Å². The van der Waals surface area contributed by atoms with E-state index in [4.69, 9.17) is 4.74 Å². The average Bonchev–Trinajstić information content (AvgIpc) is 2.27. The van der Waals surface area contributed by atoms with Crippen molar-refractivity contribution >= 4 is 5.91 Å². The van der Waals surface area contributed by atoms with Crippen LogP contribution in [0.5, 0.6) is 0 Å². The molecule has 1 aromatic rings. The van der Waals surface area contributed by atoms with Gasteiger partial charge in [0.2, 0.25) is 0 Å². The molecule has 1 saturated carbocycles. The summed E-state index contributed by atoms with van der Waals surface area (Å²) < 4.78 is 5.26. The molecule has 86 valence electrons. The lowest BCUT2D eigenvalue weighted by Gasteiger charge is -2.35. The lowest BCUT2D eigenvalue weighted by atomic mass is 9.76. The maximum atomic E-state index is 11.7. The Morgan fingerprint density at radius 1 is 1.38 bits per heavy atom. The maximum absolute atomic E-state index is 11.7. The zero-order valence-electron chi connectivity index (χ0n) is 9.69. The molecule has 1 aliphatic rings. The molecule has 3 nitrogen and oxygen atoms in total. The molecule has 1 N–H and O–H groups in total. The number of amides is 1. The van der Waals surface area contributed by atoms with Crippen LogP contribution in [0, 0.1) is 0 Å². The van der Waals surface area contributed by atoms with Gasteiger partial charge in [0.15, 0.2) is 0 Å². The Labute approximate surface area is 95.8 Å². The third-order valence-corrected chi connectivity index (χ3v) is 3.30. The van der Waals surface area contributed by atoms with Crippen molar-refractivity contribution in [3.63, 3.8) is 0 Å². The van der Waals surface area contributed by atoms with Gasteiger partial charge in [0.1, 0.15) is 0 Å². The van der Waals surface area contributed by atoms with Crippen molar-refractivity contribution in [2.24, 2.45) is 0 Å². The van der Waals surface area contributed by atoms with Gasteiger partial charge in [-0.15, -0.1) is 0 Å². The highest BCUT2D eigenvalue weighted by atomic mass is 16.5. The smallest absolute Gasteiger partial charge is 0.251 e. The molecular formula is C13H17NO2. The maximum Gasteiger partial charge on any atom is 0.251 e. The SMILES string of the molecule is CNC(=O)c1ccccc1C1CC(OC)C1. The summed E-state index contributed by atoms with van der Waals surface area (Å²) in [4.78, 5) is 11.7. The summed E-state index contributed by atoms with van der Waals surface area (Å²) in [5.74, 6) is 0.468. The van der Waals surface area contributed by atoms with Crippen LogP contribution in [-0.2, 0) is 4.74 Å². The minimum atomic E-state index is -0.00327. The molecule has 0 aliphatic heterocycles. The zero-order valence-corrected chi connectivity index (χ0v) is 9.69. The third kappa shape index (κ3) is 1.95. The molecule has 16 heavy (non-hydrogen) atoms. The van der Waals surface area contributed by atoms with Crippen LogP contribution in [0.15, 0.2) is 24.3 Å². The number of hydrogen-bond acceptors (Lipinski definition) is 2. The molecule has 0 aromatic heterocycles. The minimum Gasteiger partial charge on any atom is -0.381 e. The molecule has 0 unspecified atom stereocenters. The number of methoxy groups -OCH3 is 1. The van der Waals surface area contributed by atoms with E-state index in [1.165, 1.54) is 0 Å². The van der Waals surface area contributed by atoms with E-state index in [1.807, 2.05) is 24.3 Å². The number of benzene rings is 1. The predicted octanol–water partition coefficient (Wildman–Crippen LogP) is 1.94. The van der Waals surface area contributed by atoms with Crippen LogP contribution in [0.4, 0.5) is 0 Å². The highest BCUT2D eigenvalue weighted by Gasteiger charge is 2.32. The van der Waals surface area contributed by atoms with Crippen LogP contribution in [0.1, 0.15) is 34.7 Å². The van der Waals surface area contributed by atoms with Gasteiger partial charge in [-0.1, -0.05) is 18.2 Å². The molecule has 1 aromatic carbocycles. The molecule has 1 fully saturated rings. The Balaban J connectivity index is 2.18. The van der Waals surface area contributed by atoms with Gasteiger partial charge in [-0.2, -0.15) is 0 Å². The van der Waals surface area contributed by atoms with Crippen LogP contribution in [0.25, 0.3) is 0 Å². The van der Waals surface area contributed by atoms with Crippen molar-refractivity contribution in [1.82, 2.24) is 5.32 Å². The number of carbonyl (C=O) groups excluding carboxylic acids is 1. The number of hydrogen-bond donors (Lipinski definition) is 1. The number of carbonyl (C=O) groups is 1. The van der Waals surface area contributed by atoms with Crippen molar-refractivity contribution in [2.75, 3.05) is 14.2 Å². The highest BCUT2D eigenvalue weighted by molar-refractivity contribution is 5.95. The fourth-order valence-corrected chi connectivity index (χ4v) is 2.21. The van der Waals surface area contributed by atoms with Crippen LogP contribution in [-0.4, -0.2) is 26.2 Å². The van der Waals surface area contributed by atoms with E-state index >= 15 is 0 Å². The van der Waals surface area contributed by atoms with Gasteiger partial charge in [0.05, 0.1) is 6.10 Å². The lowest BCUT2D eigenvalue weighted by molar-refractivity contribution is 0.0255. The molecule has 1 aliphatic carbocycles. The Hall–Kier alpha value is -1.35. The quantitative estimate of drug-likeness (QED) is 0.843. The molecule has 1 amide bonds. The summed E-state index contributed by atoms with van der Waals surface area (Å²) in [6.45, 7) is 0. The summed E-state index contributed by atoms with van der Waals surface area (Å²) >= 11 is 0. The third-order valence-electron chi connectivity index (χ3n) is 3.30. The first kappa shape index (κ1) is 11.1. The van der Waals surface area contributed by atoms with Crippen molar-refractivity contribution in [3.05, 3.63) is 35.4 Å². The second kappa shape index (κ2) is 4.66. The minimum absolute atomic E-state index is 0.00327. The Kier molecular flexibility index (Phi) is 3.25. The van der Waals surface area contributed by atoms with Gasteiger partial charge in [0, 0.05) is 19.7 Å². The molecule has 2 rings (SSSR count). The van der Waals surface area contributed by atoms with Crippen molar-refractivity contribution in [3.8, 4) is 0 Å². The number of nitrogens with one attached hydrogen (secondary N) is 1. The van der Waals surface area contributed by atoms with Gasteiger partial charge in [-0.3, -0.25) is 4.79 Å². The first-order valence-corrected chi connectivity index (χ1v) is 5.60. The lowest BCUT2D eigenvalue weighted by Crippen LogP contribution is -2.30. The van der Waals surface area contributed by atoms with E-state index in [0.29, 0.717) is 12.0 Å². The normalized spacial score (nSPS) is 23.6. The molecule has 0 radical (unpaired) electrons.